The van der Waals surface area contributed by atoms with E-state index >= 15 is 0 Å². The van der Waals surface area contributed by atoms with Gasteiger partial charge >= 0.3 is 17.9 Å². The van der Waals surface area contributed by atoms with Gasteiger partial charge in [0.1, 0.15) is 24.7 Å². The number of cyclic esters (lactones) is 1. The normalized spacial score (nSPS) is 19.6. The second-order valence-electron chi connectivity index (χ2n) is 7.70. The zero-order valence-electron chi connectivity index (χ0n) is 17.4. The Balaban J connectivity index is 1.27. The Labute approximate surface area is 186 Å². The number of amides is 1. The van der Waals surface area contributed by atoms with Crippen molar-refractivity contribution in [2.45, 2.75) is 25.7 Å². The first kappa shape index (κ1) is 20.7. The van der Waals surface area contributed by atoms with Crippen LogP contribution in [-0.4, -0.2) is 50.9 Å². The van der Waals surface area contributed by atoms with Crippen LogP contribution in [0.4, 0.5) is 20.7 Å². The van der Waals surface area contributed by atoms with E-state index in [0.717, 1.165) is 0 Å². The van der Waals surface area contributed by atoms with E-state index in [2.05, 4.69) is 9.97 Å². The minimum absolute atomic E-state index is 0.158. The number of hydrogen-bond acceptors (Lipinski definition) is 8. The topological polar surface area (TPSA) is 122 Å². The molecular formula is C21H18FN5O6. The van der Waals surface area contributed by atoms with Crippen LogP contribution < -0.4 is 14.4 Å². The summed E-state index contributed by atoms with van der Waals surface area (Å²) in [6, 6.07) is 7.98. The van der Waals surface area contributed by atoms with E-state index in [0.29, 0.717) is 35.8 Å². The Morgan fingerprint density at radius 1 is 1.27 bits per heavy atom. The highest BCUT2D eigenvalue weighted by Gasteiger charge is 2.30. The second kappa shape index (κ2) is 8.04. The number of rotatable bonds is 5. The summed E-state index contributed by atoms with van der Waals surface area (Å²) in [6.07, 6.45) is 1.60. The van der Waals surface area contributed by atoms with E-state index < -0.39 is 22.9 Å². The molecule has 1 amide bonds. The predicted octanol–water partition coefficient (Wildman–Crippen LogP) is 3.18. The van der Waals surface area contributed by atoms with Crippen LogP contribution in [0.25, 0.3) is 11.1 Å². The summed E-state index contributed by atoms with van der Waals surface area (Å²) in [7, 11) is 0. The van der Waals surface area contributed by atoms with Crippen molar-refractivity contribution in [3.05, 3.63) is 58.7 Å². The summed E-state index contributed by atoms with van der Waals surface area (Å²) >= 11 is 0. The standard InChI is InChI=1S/C21H18FN5O6/c1-12-8-26(21(28)32-12)14-3-4-16(17(22)6-14)13-2-5-19(23-7-13)33-15-9-25-10-18(27(29)30)24-20(25)31-11-15/h2-7,10,12,15H,8-9,11H2,1H3. The fourth-order valence-electron chi connectivity index (χ4n) is 3.73. The van der Waals surface area contributed by atoms with E-state index in [1.165, 1.54) is 27.9 Å². The number of carbonyl (C=O) groups excluding carboxylic acids is 1. The summed E-state index contributed by atoms with van der Waals surface area (Å²) in [5.41, 5.74) is 1.29. The molecule has 0 N–H and O–H groups in total. The number of ether oxygens (including phenoxy) is 3. The van der Waals surface area contributed by atoms with Crippen LogP contribution in [0.1, 0.15) is 6.92 Å². The summed E-state index contributed by atoms with van der Waals surface area (Å²) < 4.78 is 32.6. The molecule has 5 rings (SSSR count). The van der Waals surface area contributed by atoms with Gasteiger partial charge in [-0.2, -0.15) is 0 Å². The lowest BCUT2D eigenvalue weighted by atomic mass is 10.1. The smallest absolute Gasteiger partial charge is 0.414 e. The van der Waals surface area contributed by atoms with Gasteiger partial charge in [-0.25, -0.2) is 14.2 Å². The fourth-order valence-corrected chi connectivity index (χ4v) is 3.73. The number of aromatic nitrogens is 3. The molecule has 0 aliphatic carbocycles. The molecule has 2 unspecified atom stereocenters. The first-order valence-corrected chi connectivity index (χ1v) is 10.1. The zero-order chi connectivity index (χ0) is 23.1. The summed E-state index contributed by atoms with van der Waals surface area (Å²) in [4.78, 5) is 31.6. The quantitative estimate of drug-likeness (QED) is 0.425. The van der Waals surface area contributed by atoms with Crippen LogP contribution in [0.3, 0.4) is 0 Å². The molecule has 12 heteroatoms. The van der Waals surface area contributed by atoms with E-state index in [1.54, 1.807) is 31.2 Å². The van der Waals surface area contributed by atoms with Crippen LogP contribution in [-0.2, 0) is 11.3 Å². The van der Waals surface area contributed by atoms with E-state index in [4.69, 9.17) is 14.2 Å². The monoisotopic (exact) mass is 455 g/mol. The van der Waals surface area contributed by atoms with Gasteiger partial charge in [-0.1, -0.05) is 0 Å². The molecule has 11 nitrogen and oxygen atoms in total. The first-order valence-electron chi connectivity index (χ1n) is 10.1. The fraction of sp³-hybridized carbons (Fsp3) is 0.286. The number of halogens is 1. The third-order valence-electron chi connectivity index (χ3n) is 5.27. The molecule has 2 aliphatic rings. The van der Waals surface area contributed by atoms with Crippen LogP contribution in [0.5, 0.6) is 11.9 Å². The van der Waals surface area contributed by atoms with Gasteiger partial charge in [-0.05, 0) is 36.1 Å². The molecule has 1 aromatic carbocycles. The van der Waals surface area contributed by atoms with Crippen molar-refractivity contribution in [1.29, 1.82) is 0 Å². The minimum atomic E-state index is -0.589. The number of imidazole rings is 1. The summed E-state index contributed by atoms with van der Waals surface area (Å²) in [5, 5.41) is 10.9. The van der Waals surface area contributed by atoms with Gasteiger partial charge in [-0.3, -0.25) is 9.47 Å². The first-order chi connectivity index (χ1) is 15.9. The molecule has 3 aromatic rings. The highest BCUT2D eigenvalue weighted by atomic mass is 19.1. The SMILES string of the molecule is CC1CN(c2ccc(-c3ccc(OC4COc5nc([N+](=O)[O-])cn5C4)nc3)c(F)c2)C(=O)O1. The van der Waals surface area contributed by atoms with Crippen molar-refractivity contribution in [2.24, 2.45) is 0 Å². The molecule has 4 heterocycles. The van der Waals surface area contributed by atoms with Gasteiger partial charge in [0.2, 0.25) is 5.88 Å². The van der Waals surface area contributed by atoms with Crippen LogP contribution >= 0.6 is 0 Å². The lowest BCUT2D eigenvalue weighted by Gasteiger charge is -2.22. The van der Waals surface area contributed by atoms with E-state index in [9.17, 15) is 19.3 Å². The van der Waals surface area contributed by atoms with Gasteiger partial charge in [0.25, 0.3) is 0 Å². The predicted molar refractivity (Wildman–Crippen MR) is 112 cm³/mol. The molecule has 0 spiro atoms. The molecule has 1 saturated heterocycles. The average molecular weight is 455 g/mol. The van der Waals surface area contributed by atoms with Crippen LogP contribution in [0.15, 0.2) is 42.7 Å². The van der Waals surface area contributed by atoms with Crippen LogP contribution in [0, 0.1) is 15.9 Å². The van der Waals surface area contributed by atoms with Gasteiger partial charge < -0.3 is 24.3 Å². The molecule has 0 saturated carbocycles. The van der Waals surface area contributed by atoms with Gasteiger partial charge in [-0.15, -0.1) is 0 Å². The third-order valence-corrected chi connectivity index (χ3v) is 5.27. The maximum absolute atomic E-state index is 14.8. The third kappa shape index (κ3) is 4.02. The largest absolute Gasteiger partial charge is 0.469 e. The number of benzene rings is 1. The van der Waals surface area contributed by atoms with Crippen molar-refractivity contribution in [1.82, 2.24) is 14.5 Å². The summed E-state index contributed by atoms with van der Waals surface area (Å²) in [5.74, 6) is -0.487. The minimum Gasteiger partial charge on any atom is -0.469 e. The molecule has 0 radical (unpaired) electrons. The number of fused-ring (bicyclic) bond motifs is 1. The Bertz CT molecular complexity index is 1230. The van der Waals surface area contributed by atoms with Crippen molar-refractivity contribution in [3.63, 3.8) is 0 Å². The Kier molecular flexibility index (Phi) is 5.04. The maximum Gasteiger partial charge on any atom is 0.414 e. The number of hydrogen-bond donors (Lipinski definition) is 0. The van der Waals surface area contributed by atoms with Crippen molar-refractivity contribution < 1.29 is 28.3 Å². The van der Waals surface area contributed by atoms with E-state index in [1.807, 2.05) is 0 Å². The molecule has 2 atom stereocenters. The van der Waals surface area contributed by atoms with Crippen molar-refractivity contribution >= 4 is 17.6 Å². The number of carbonyl (C=O) groups is 1. The van der Waals surface area contributed by atoms with Crippen molar-refractivity contribution in [2.75, 3.05) is 18.1 Å². The molecule has 170 valence electrons. The summed E-state index contributed by atoms with van der Waals surface area (Å²) in [6.45, 7) is 2.61. The molecule has 2 aliphatic heterocycles. The Hall–Kier alpha value is -4.22. The Morgan fingerprint density at radius 2 is 2.12 bits per heavy atom. The van der Waals surface area contributed by atoms with Crippen LogP contribution in [0.2, 0.25) is 0 Å². The van der Waals surface area contributed by atoms with Gasteiger partial charge in [0, 0.05) is 28.4 Å². The highest BCUT2D eigenvalue weighted by Crippen LogP contribution is 2.30. The zero-order valence-corrected chi connectivity index (χ0v) is 17.4. The van der Waals surface area contributed by atoms with Gasteiger partial charge in [0.05, 0.1) is 18.8 Å². The molecular weight excluding hydrogens is 437 g/mol. The number of nitro groups is 1. The number of anilines is 1. The average Bonchev–Trinajstić information content (AvgIpc) is 3.36. The van der Waals surface area contributed by atoms with Gasteiger partial charge in [0.15, 0.2) is 6.10 Å². The molecule has 1 fully saturated rings. The number of nitrogens with zero attached hydrogens (tertiary/aromatic N) is 5. The maximum atomic E-state index is 14.8. The van der Waals surface area contributed by atoms with Crippen molar-refractivity contribution in [3.8, 4) is 23.0 Å². The Morgan fingerprint density at radius 3 is 2.79 bits per heavy atom. The second-order valence-corrected chi connectivity index (χ2v) is 7.70. The lowest BCUT2D eigenvalue weighted by molar-refractivity contribution is -0.389. The molecule has 0 bridgehead atoms. The molecule has 2 aromatic heterocycles. The molecule has 33 heavy (non-hydrogen) atoms. The lowest BCUT2D eigenvalue weighted by Crippen LogP contribution is -2.34. The van der Waals surface area contributed by atoms with E-state index in [-0.39, 0.29) is 24.5 Å². The number of pyridine rings is 1. The highest BCUT2D eigenvalue weighted by molar-refractivity contribution is 5.90.